The van der Waals surface area contributed by atoms with Crippen LogP contribution in [0.1, 0.15) is 33.5 Å². The molecule has 1 aliphatic heterocycles. The van der Waals surface area contributed by atoms with E-state index in [1.807, 2.05) is 25.1 Å². The molecule has 4 aromatic rings. The van der Waals surface area contributed by atoms with Gasteiger partial charge in [0.25, 0.3) is 5.91 Å². The number of fused-ring (bicyclic) bond motifs is 1. The molecule has 0 fully saturated rings. The smallest absolute Gasteiger partial charge is 0.296 e. The number of carbonyl (C=O) groups excluding carboxylic acids is 2. The monoisotopic (exact) mass is 486 g/mol. The van der Waals surface area contributed by atoms with Crippen molar-refractivity contribution in [2.45, 2.75) is 19.9 Å². The first-order valence-electron chi connectivity index (χ1n) is 11.0. The number of rotatable bonds is 7. The van der Waals surface area contributed by atoms with E-state index in [1.54, 1.807) is 43.3 Å². The number of furan rings is 1. The van der Waals surface area contributed by atoms with Crippen LogP contribution in [0, 0.1) is 13.8 Å². The first-order chi connectivity index (χ1) is 16.9. The van der Waals surface area contributed by atoms with Crippen LogP contribution >= 0.6 is 11.3 Å². The maximum atomic E-state index is 13.5. The Kier molecular flexibility index (Phi) is 5.74. The molecule has 0 saturated carbocycles. The van der Waals surface area contributed by atoms with Gasteiger partial charge in [-0.15, -0.1) is 0 Å². The lowest BCUT2D eigenvalue weighted by molar-refractivity contribution is -0.117. The van der Waals surface area contributed by atoms with Crippen molar-refractivity contribution in [3.05, 3.63) is 101 Å². The van der Waals surface area contributed by atoms with Crippen molar-refractivity contribution < 1.29 is 23.8 Å². The van der Waals surface area contributed by atoms with Gasteiger partial charge in [0.1, 0.15) is 18.1 Å². The topological polar surface area (TPSA) is 92.9 Å². The van der Waals surface area contributed by atoms with E-state index in [1.165, 1.54) is 22.3 Å². The minimum Gasteiger partial charge on any atom is -0.503 e. The highest BCUT2D eigenvalue weighted by Gasteiger charge is 2.46. The molecule has 2 aromatic heterocycles. The number of carbonyl (C=O) groups is 2. The van der Waals surface area contributed by atoms with Crippen LogP contribution in [0.15, 0.2) is 83.0 Å². The van der Waals surface area contributed by atoms with E-state index in [4.69, 9.17) is 9.15 Å². The summed E-state index contributed by atoms with van der Waals surface area (Å²) in [4.78, 5) is 32.9. The molecule has 0 spiro atoms. The van der Waals surface area contributed by atoms with Gasteiger partial charge >= 0.3 is 0 Å². The van der Waals surface area contributed by atoms with Gasteiger partial charge in [0, 0.05) is 0 Å². The Morgan fingerprint density at radius 3 is 2.80 bits per heavy atom. The van der Waals surface area contributed by atoms with Crippen molar-refractivity contribution in [1.82, 2.24) is 4.98 Å². The number of aromatic nitrogens is 1. The molecule has 35 heavy (non-hydrogen) atoms. The summed E-state index contributed by atoms with van der Waals surface area (Å²) in [5.74, 6) is -0.750. The molecular formula is C27H22N2O5S. The normalized spacial score (nSPS) is 15.8. The number of benzene rings is 2. The highest BCUT2D eigenvalue weighted by atomic mass is 32.1. The summed E-state index contributed by atoms with van der Waals surface area (Å²) in [5.41, 5.74) is 2.31. The summed E-state index contributed by atoms with van der Waals surface area (Å²) in [5, 5.41) is 11.3. The van der Waals surface area contributed by atoms with Gasteiger partial charge in [0.05, 0.1) is 21.8 Å². The second-order valence-corrected chi connectivity index (χ2v) is 9.23. The van der Waals surface area contributed by atoms with Gasteiger partial charge in [0.2, 0.25) is 5.78 Å². The van der Waals surface area contributed by atoms with E-state index in [9.17, 15) is 14.7 Å². The molecular weight excluding hydrogens is 464 g/mol. The molecule has 0 aliphatic carbocycles. The molecule has 5 rings (SSSR count). The number of ketones is 1. The minimum absolute atomic E-state index is 0.0442. The molecule has 1 N–H and O–H groups in total. The predicted octanol–water partition coefficient (Wildman–Crippen LogP) is 5.85. The van der Waals surface area contributed by atoms with Gasteiger partial charge in [-0.2, -0.15) is 0 Å². The SMILES string of the molecule is C=CCOc1cccc(C2C(C(=O)c3ccc(C)o3)=C(O)C(=O)N2c2nc3ccc(C)cc3s2)c1. The third-order valence-corrected chi connectivity index (χ3v) is 6.71. The number of anilines is 1. The lowest BCUT2D eigenvalue weighted by Crippen LogP contribution is -2.31. The van der Waals surface area contributed by atoms with Crippen molar-refractivity contribution in [3.8, 4) is 5.75 Å². The van der Waals surface area contributed by atoms with Crippen LogP contribution < -0.4 is 9.64 Å². The fourth-order valence-electron chi connectivity index (χ4n) is 4.09. The quantitative estimate of drug-likeness (QED) is 0.260. The van der Waals surface area contributed by atoms with E-state index in [0.29, 0.717) is 28.8 Å². The Morgan fingerprint density at radius 2 is 2.06 bits per heavy atom. The molecule has 1 atom stereocenters. The van der Waals surface area contributed by atoms with Crippen LogP contribution in [0.4, 0.5) is 5.13 Å². The molecule has 1 aliphatic rings. The lowest BCUT2D eigenvalue weighted by atomic mass is 9.95. The van der Waals surface area contributed by atoms with Crippen molar-refractivity contribution in [1.29, 1.82) is 0 Å². The molecule has 1 amide bonds. The molecule has 3 heterocycles. The molecule has 2 aromatic carbocycles. The van der Waals surface area contributed by atoms with Crippen LogP contribution in [-0.4, -0.2) is 28.4 Å². The third kappa shape index (κ3) is 4.02. The van der Waals surface area contributed by atoms with Gasteiger partial charge in [-0.3, -0.25) is 14.5 Å². The molecule has 8 heteroatoms. The predicted molar refractivity (Wildman–Crippen MR) is 134 cm³/mol. The summed E-state index contributed by atoms with van der Waals surface area (Å²) in [6.45, 7) is 7.66. The first-order valence-corrected chi connectivity index (χ1v) is 11.8. The maximum Gasteiger partial charge on any atom is 0.296 e. The number of thiazole rings is 1. The van der Waals surface area contributed by atoms with Crippen molar-refractivity contribution >= 4 is 38.4 Å². The standard InChI is InChI=1S/C27H22N2O5S/c1-4-12-33-18-7-5-6-17(14-18)23-22(24(30)20-11-9-16(3)34-20)25(31)26(32)29(23)27-28-19-10-8-15(2)13-21(19)35-27/h4-11,13-14,23,31H,1,12H2,2-3H3. The zero-order valence-electron chi connectivity index (χ0n) is 19.1. The average Bonchev–Trinajstić information content (AvgIpc) is 3.53. The summed E-state index contributed by atoms with van der Waals surface area (Å²) in [6.07, 6.45) is 1.63. The van der Waals surface area contributed by atoms with Gasteiger partial charge < -0.3 is 14.3 Å². The van der Waals surface area contributed by atoms with Crippen LogP contribution in [0.5, 0.6) is 5.75 Å². The number of aliphatic hydroxyl groups excluding tert-OH is 1. The Morgan fingerprint density at radius 1 is 1.23 bits per heavy atom. The van der Waals surface area contributed by atoms with Crippen LogP contribution in [-0.2, 0) is 4.79 Å². The highest BCUT2D eigenvalue weighted by molar-refractivity contribution is 7.22. The molecule has 0 saturated heterocycles. The second-order valence-electron chi connectivity index (χ2n) is 8.22. The summed E-state index contributed by atoms with van der Waals surface area (Å²) in [6, 6.07) is 15.2. The van der Waals surface area contributed by atoms with Gasteiger partial charge in [-0.05, 0) is 61.4 Å². The van der Waals surface area contributed by atoms with Crippen molar-refractivity contribution in [2.24, 2.45) is 0 Å². The zero-order valence-corrected chi connectivity index (χ0v) is 20.0. The molecule has 176 valence electrons. The first kappa shape index (κ1) is 22.6. The average molecular weight is 487 g/mol. The van der Waals surface area contributed by atoms with E-state index in [-0.39, 0.29) is 11.3 Å². The molecule has 0 bridgehead atoms. The summed E-state index contributed by atoms with van der Waals surface area (Å²) in [7, 11) is 0. The van der Waals surface area contributed by atoms with Crippen molar-refractivity contribution in [3.63, 3.8) is 0 Å². The minimum atomic E-state index is -0.922. The van der Waals surface area contributed by atoms with E-state index < -0.39 is 23.5 Å². The van der Waals surface area contributed by atoms with Crippen LogP contribution in [0.3, 0.4) is 0 Å². The van der Waals surface area contributed by atoms with Gasteiger partial charge in [-0.25, -0.2) is 4.98 Å². The Labute approximate surface area is 205 Å². The highest BCUT2D eigenvalue weighted by Crippen LogP contribution is 2.44. The van der Waals surface area contributed by atoms with Crippen molar-refractivity contribution in [2.75, 3.05) is 11.5 Å². The number of hydrogen-bond donors (Lipinski definition) is 1. The number of aryl methyl sites for hydroxylation is 2. The van der Waals surface area contributed by atoms with Crippen LogP contribution in [0.25, 0.3) is 10.2 Å². The Hall–Kier alpha value is -4.17. The number of Topliss-reactive ketones (excluding diaryl/α,β-unsaturated/α-hetero) is 1. The Bertz CT molecular complexity index is 1510. The number of amides is 1. The number of ether oxygens (including phenoxy) is 1. The number of hydrogen-bond acceptors (Lipinski definition) is 7. The van der Waals surface area contributed by atoms with Crippen LogP contribution in [0.2, 0.25) is 0 Å². The Balaban J connectivity index is 1.66. The third-order valence-electron chi connectivity index (χ3n) is 5.70. The largest absolute Gasteiger partial charge is 0.503 e. The maximum absolute atomic E-state index is 13.5. The van der Waals surface area contributed by atoms with Gasteiger partial charge in [-0.1, -0.05) is 42.2 Å². The molecule has 7 nitrogen and oxygen atoms in total. The molecule has 1 unspecified atom stereocenters. The van der Waals surface area contributed by atoms with E-state index >= 15 is 0 Å². The zero-order chi connectivity index (χ0) is 24.7. The summed E-state index contributed by atoms with van der Waals surface area (Å²) < 4.78 is 12.1. The van der Waals surface area contributed by atoms with Gasteiger partial charge in [0.15, 0.2) is 16.7 Å². The molecule has 0 radical (unpaired) electrons. The lowest BCUT2D eigenvalue weighted by Gasteiger charge is -2.24. The summed E-state index contributed by atoms with van der Waals surface area (Å²) >= 11 is 1.32. The fourth-order valence-corrected chi connectivity index (χ4v) is 5.18. The number of aliphatic hydroxyl groups is 1. The number of nitrogens with zero attached hydrogens (tertiary/aromatic N) is 2. The second kappa shape index (κ2) is 8.88. The fraction of sp³-hybridized carbons (Fsp3) is 0.148. The van der Waals surface area contributed by atoms with E-state index in [0.717, 1.165) is 15.8 Å². The van der Waals surface area contributed by atoms with E-state index in [2.05, 4.69) is 11.6 Å².